The molecule has 2 aliphatic heterocycles. The second-order valence-electron chi connectivity index (χ2n) is 6.30. The van der Waals surface area contributed by atoms with Crippen LogP contribution in [0.15, 0.2) is 24.3 Å². The van der Waals surface area contributed by atoms with Crippen molar-refractivity contribution in [1.29, 1.82) is 0 Å². The Morgan fingerprint density at radius 2 is 1.91 bits per heavy atom. The van der Waals surface area contributed by atoms with E-state index in [1.807, 2.05) is 29.2 Å². The zero-order valence-corrected chi connectivity index (χ0v) is 13.9. The van der Waals surface area contributed by atoms with Gasteiger partial charge in [-0.25, -0.2) is 0 Å². The fraction of sp³-hybridized carbons (Fsp3) is 0.611. The molecular weight excluding hydrogens is 294 g/mol. The van der Waals surface area contributed by atoms with Gasteiger partial charge in [0.05, 0.1) is 18.8 Å². The van der Waals surface area contributed by atoms with Crippen LogP contribution in [0.4, 0.5) is 0 Å². The summed E-state index contributed by atoms with van der Waals surface area (Å²) in [5, 5.41) is 0. The SMILES string of the molecule is COc1ccc(C(=O)N2CCC3(CC2)OCCC[C@H]3OC)cc1. The first kappa shape index (κ1) is 16.3. The minimum atomic E-state index is -0.205. The maximum atomic E-state index is 12.6. The summed E-state index contributed by atoms with van der Waals surface area (Å²) in [7, 11) is 3.38. The van der Waals surface area contributed by atoms with Crippen molar-refractivity contribution in [3.63, 3.8) is 0 Å². The van der Waals surface area contributed by atoms with Gasteiger partial charge < -0.3 is 19.1 Å². The van der Waals surface area contributed by atoms with Gasteiger partial charge in [-0.1, -0.05) is 0 Å². The van der Waals surface area contributed by atoms with E-state index in [-0.39, 0.29) is 17.6 Å². The predicted octanol–water partition coefficient (Wildman–Crippen LogP) is 2.50. The molecule has 1 amide bonds. The van der Waals surface area contributed by atoms with Crippen molar-refractivity contribution >= 4 is 5.91 Å². The Hall–Kier alpha value is -1.59. The number of rotatable bonds is 3. The molecule has 2 saturated heterocycles. The van der Waals surface area contributed by atoms with E-state index in [4.69, 9.17) is 14.2 Å². The topological polar surface area (TPSA) is 48.0 Å². The molecule has 0 aromatic heterocycles. The van der Waals surface area contributed by atoms with Gasteiger partial charge in [-0.3, -0.25) is 4.79 Å². The van der Waals surface area contributed by atoms with Crippen molar-refractivity contribution in [2.75, 3.05) is 33.9 Å². The number of benzene rings is 1. The number of carbonyl (C=O) groups excluding carboxylic acids is 1. The fourth-order valence-corrected chi connectivity index (χ4v) is 3.70. The summed E-state index contributed by atoms with van der Waals surface area (Å²) in [6.45, 7) is 2.22. The first-order valence-corrected chi connectivity index (χ1v) is 8.28. The van der Waals surface area contributed by atoms with Gasteiger partial charge in [0.15, 0.2) is 0 Å². The fourth-order valence-electron chi connectivity index (χ4n) is 3.70. The second-order valence-corrected chi connectivity index (χ2v) is 6.30. The largest absolute Gasteiger partial charge is 0.497 e. The molecule has 5 heteroatoms. The maximum Gasteiger partial charge on any atom is 0.253 e. The Labute approximate surface area is 137 Å². The summed E-state index contributed by atoms with van der Waals surface area (Å²) in [6.07, 6.45) is 3.92. The molecule has 0 radical (unpaired) electrons. The molecule has 1 aromatic rings. The third kappa shape index (κ3) is 3.21. The lowest BCUT2D eigenvalue weighted by molar-refractivity contribution is -0.183. The molecule has 126 valence electrons. The minimum absolute atomic E-state index is 0.0762. The van der Waals surface area contributed by atoms with Crippen LogP contribution in [0.5, 0.6) is 5.75 Å². The van der Waals surface area contributed by atoms with Gasteiger partial charge in [-0.05, 0) is 49.9 Å². The highest BCUT2D eigenvalue weighted by atomic mass is 16.5. The van der Waals surface area contributed by atoms with Crippen LogP contribution in [0.3, 0.4) is 0 Å². The summed E-state index contributed by atoms with van der Waals surface area (Å²) >= 11 is 0. The molecule has 1 aromatic carbocycles. The number of methoxy groups -OCH3 is 2. The molecule has 2 aliphatic rings. The number of ether oxygens (including phenoxy) is 3. The molecule has 0 N–H and O–H groups in total. The zero-order chi connectivity index (χ0) is 16.3. The molecule has 0 aliphatic carbocycles. The summed E-state index contributed by atoms with van der Waals surface area (Å²) in [6, 6.07) is 7.29. The van der Waals surface area contributed by atoms with Gasteiger partial charge in [0.2, 0.25) is 0 Å². The van der Waals surface area contributed by atoms with E-state index in [0.29, 0.717) is 18.7 Å². The summed E-state index contributed by atoms with van der Waals surface area (Å²) in [5.74, 6) is 0.838. The van der Waals surface area contributed by atoms with E-state index in [2.05, 4.69) is 0 Å². The molecule has 0 bridgehead atoms. The Kier molecular flexibility index (Phi) is 4.87. The van der Waals surface area contributed by atoms with E-state index in [9.17, 15) is 4.79 Å². The number of hydrogen-bond acceptors (Lipinski definition) is 4. The molecular formula is C18H25NO4. The molecule has 0 saturated carbocycles. The molecule has 1 atom stereocenters. The highest BCUT2D eigenvalue weighted by Crippen LogP contribution is 2.37. The monoisotopic (exact) mass is 319 g/mol. The Bertz CT molecular complexity index is 534. The summed E-state index contributed by atoms with van der Waals surface area (Å²) < 4.78 is 16.9. The van der Waals surface area contributed by atoms with Crippen LogP contribution in [0.25, 0.3) is 0 Å². The number of amides is 1. The van der Waals surface area contributed by atoms with Crippen molar-refractivity contribution in [3.8, 4) is 5.75 Å². The van der Waals surface area contributed by atoms with Crippen LogP contribution < -0.4 is 4.74 Å². The Morgan fingerprint density at radius 3 is 2.52 bits per heavy atom. The molecule has 3 rings (SSSR count). The lowest BCUT2D eigenvalue weighted by Gasteiger charge is -2.48. The number of likely N-dealkylation sites (tertiary alicyclic amines) is 1. The smallest absolute Gasteiger partial charge is 0.253 e. The van der Waals surface area contributed by atoms with Gasteiger partial charge in [-0.15, -0.1) is 0 Å². The molecule has 0 unspecified atom stereocenters. The summed E-state index contributed by atoms with van der Waals surface area (Å²) in [5.41, 5.74) is 0.499. The van der Waals surface area contributed by atoms with Crippen LogP contribution in [0.2, 0.25) is 0 Å². The average molecular weight is 319 g/mol. The molecule has 1 spiro atoms. The van der Waals surface area contributed by atoms with Crippen LogP contribution in [0, 0.1) is 0 Å². The first-order chi connectivity index (χ1) is 11.2. The summed E-state index contributed by atoms with van der Waals surface area (Å²) in [4.78, 5) is 14.5. The number of piperidine rings is 1. The predicted molar refractivity (Wildman–Crippen MR) is 86.8 cm³/mol. The minimum Gasteiger partial charge on any atom is -0.497 e. The van der Waals surface area contributed by atoms with Crippen LogP contribution in [0.1, 0.15) is 36.0 Å². The van der Waals surface area contributed by atoms with E-state index in [1.165, 1.54) is 0 Å². The molecule has 2 heterocycles. The van der Waals surface area contributed by atoms with E-state index in [1.54, 1.807) is 14.2 Å². The van der Waals surface area contributed by atoms with Gasteiger partial charge in [0.1, 0.15) is 5.75 Å². The lowest BCUT2D eigenvalue weighted by Crippen LogP contribution is -2.56. The van der Waals surface area contributed by atoms with E-state index in [0.717, 1.165) is 38.0 Å². The molecule has 5 nitrogen and oxygen atoms in total. The Morgan fingerprint density at radius 1 is 1.22 bits per heavy atom. The van der Waals surface area contributed by atoms with Crippen LogP contribution in [-0.4, -0.2) is 56.4 Å². The van der Waals surface area contributed by atoms with Crippen molar-refractivity contribution in [3.05, 3.63) is 29.8 Å². The van der Waals surface area contributed by atoms with Crippen molar-refractivity contribution < 1.29 is 19.0 Å². The maximum absolute atomic E-state index is 12.6. The molecule has 2 fully saturated rings. The first-order valence-electron chi connectivity index (χ1n) is 8.28. The van der Waals surface area contributed by atoms with Gasteiger partial charge in [0, 0.05) is 32.4 Å². The number of hydrogen-bond donors (Lipinski definition) is 0. The van der Waals surface area contributed by atoms with Crippen LogP contribution in [-0.2, 0) is 9.47 Å². The zero-order valence-electron chi connectivity index (χ0n) is 13.9. The van der Waals surface area contributed by atoms with Gasteiger partial charge in [0.25, 0.3) is 5.91 Å². The quantitative estimate of drug-likeness (QED) is 0.859. The third-order valence-corrected chi connectivity index (χ3v) is 5.11. The van der Waals surface area contributed by atoms with Gasteiger partial charge >= 0.3 is 0 Å². The number of nitrogens with zero attached hydrogens (tertiary/aromatic N) is 1. The lowest BCUT2D eigenvalue weighted by atomic mass is 9.81. The van der Waals surface area contributed by atoms with Crippen LogP contribution >= 0.6 is 0 Å². The Balaban J connectivity index is 1.64. The average Bonchev–Trinajstić information content (AvgIpc) is 2.62. The van der Waals surface area contributed by atoms with Crippen molar-refractivity contribution in [1.82, 2.24) is 4.90 Å². The second kappa shape index (κ2) is 6.89. The third-order valence-electron chi connectivity index (χ3n) is 5.11. The van der Waals surface area contributed by atoms with Crippen molar-refractivity contribution in [2.24, 2.45) is 0 Å². The normalized spacial score (nSPS) is 23.7. The standard InChI is InChI=1S/C18H25NO4/c1-21-15-7-5-14(6-8-15)17(20)19-11-9-18(10-12-19)16(22-2)4-3-13-23-18/h5-8,16H,3-4,9-13H2,1-2H3/t16-/m1/s1. The number of carbonyl (C=O) groups is 1. The highest BCUT2D eigenvalue weighted by molar-refractivity contribution is 5.94. The van der Waals surface area contributed by atoms with E-state index >= 15 is 0 Å². The van der Waals surface area contributed by atoms with E-state index < -0.39 is 0 Å². The van der Waals surface area contributed by atoms with Gasteiger partial charge in [-0.2, -0.15) is 0 Å². The highest BCUT2D eigenvalue weighted by Gasteiger charge is 2.45. The molecule has 23 heavy (non-hydrogen) atoms. The van der Waals surface area contributed by atoms with Crippen molar-refractivity contribution in [2.45, 2.75) is 37.4 Å².